The highest BCUT2D eigenvalue weighted by molar-refractivity contribution is 6.30. The van der Waals surface area contributed by atoms with Crippen LogP contribution in [-0.4, -0.2) is 30.9 Å². The second-order valence-corrected chi connectivity index (χ2v) is 8.26. The Morgan fingerprint density at radius 1 is 1.00 bits per heavy atom. The Morgan fingerprint density at radius 2 is 1.73 bits per heavy atom. The molecular weight excluding hydrogens is 440 g/mol. The highest BCUT2D eigenvalue weighted by Crippen LogP contribution is 2.25. The van der Waals surface area contributed by atoms with E-state index >= 15 is 0 Å². The number of anilines is 1. The quantitative estimate of drug-likeness (QED) is 0.469. The summed E-state index contributed by atoms with van der Waals surface area (Å²) in [5, 5.41) is 7.21. The van der Waals surface area contributed by atoms with Crippen LogP contribution in [0.4, 0.5) is 5.95 Å². The molecule has 2 aromatic carbocycles. The molecule has 0 spiro atoms. The topological polar surface area (TPSA) is 77.4 Å². The van der Waals surface area contributed by atoms with Crippen molar-refractivity contribution in [1.29, 1.82) is 0 Å². The zero-order valence-corrected chi connectivity index (χ0v) is 18.9. The molecule has 5 rings (SSSR count). The molecule has 9 heteroatoms. The minimum Gasteiger partial charge on any atom is -0.297 e. The van der Waals surface area contributed by atoms with Gasteiger partial charge in [0.1, 0.15) is 0 Å². The van der Waals surface area contributed by atoms with Gasteiger partial charge in [0.05, 0.1) is 18.8 Å². The lowest BCUT2D eigenvalue weighted by Gasteiger charge is -2.25. The van der Waals surface area contributed by atoms with Gasteiger partial charge in [0.2, 0.25) is 5.95 Å². The molecule has 0 fully saturated rings. The van der Waals surface area contributed by atoms with E-state index in [1.807, 2.05) is 71.3 Å². The zero-order valence-electron chi connectivity index (χ0n) is 18.1. The summed E-state index contributed by atoms with van der Waals surface area (Å²) < 4.78 is 4.32. The Kier molecular flexibility index (Phi) is 5.22. The van der Waals surface area contributed by atoms with Gasteiger partial charge in [-0.2, -0.15) is 10.1 Å². The molecule has 33 heavy (non-hydrogen) atoms. The van der Waals surface area contributed by atoms with Gasteiger partial charge in [-0.05, 0) is 23.3 Å². The van der Waals surface area contributed by atoms with Crippen LogP contribution in [0.2, 0.25) is 5.02 Å². The van der Waals surface area contributed by atoms with Gasteiger partial charge in [-0.25, -0.2) is 9.80 Å². The standard InChI is InChI=1S/C24H21ClN6O2/c1-28-21-20(22(32)29(2)24(28)33)30-15-19(17-10-12-18(25)13-11-17)27-31(23(30)26-21)14-6-9-16-7-4-3-5-8-16/h3-13H,14-15H2,1-2H3/b9-6+. The minimum atomic E-state index is -0.419. The first-order valence-corrected chi connectivity index (χ1v) is 10.8. The van der Waals surface area contributed by atoms with E-state index in [1.54, 1.807) is 12.1 Å². The Hall–Kier alpha value is -3.91. The molecule has 1 aliphatic heterocycles. The molecule has 3 heterocycles. The first-order chi connectivity index (χ1) is 15.9. The summed E-state index contributed by atoms with van der Waals surface area (Å²) in [6, 6.07) is 17.4. The van der Waals surface area contributed by atoms with Crippen molar-refractivity contribution in [3.63, 3.8) is 0 Å². The number of fused-ring (bicyclic) bond motifs is 3. The number of hydrogen-bond donors (Lipinski definition) is 0. The molecule has 0 saturated carbocycles. The minimum absolute atomic E-state index is 0.336. The highest BCUT2D eigenvalue weighted by Gasteiger charge is 2.27. The van der Waals surface area contributed by atoms with Crippen molar-refractivity contribution in [1.82, 2.24) is 18.7 Å². The monoisotopic (exact) mass is 460 g/mol. The van der Waals surface area contributed by atoms with Crippen LogP contribution in [-0.2, 0) is 20.6 Å². The predicted molar refractivity (Wildman–Crippen MR) is 131 cm³/mol. The molecule has 0 radical (unpaired) electrons. The van der Waals surface area contributed by atoms with Gasteiger partial charge in [0.15, 0.2) is 11.2 Å². The van der Waals surface area contributed by atoms with E-state index in [2.05, 4.69) is 4.98 Å². The van der Waals surface area contributed by atoms with E-state index in [0.29, 0.717) is 35.2 Å². The molecule has 0 amide bonds. The third-order valence-electron chi connectivity index (χ3n) is 5.67. The van der Waals surface area contributed by atoms with Crippen LogP contribution < -0.4 is 16.3 Å². The fourth-order valence-electron chi connectivity index (χ4n) is 3.92. The van der Waals surface area contributed by atoms with Gasteiger partial charge in [-0.3, -0.25) is 18.5 Å². The van der Waals surface area contributed by atoms with Crippen LogP contribution in [0.1, 0.15) is 11.1 Å². The summed E-state index contributed by atoms with van der Waals surface area (Å²) in [4.78, 5) is 30.1. The van der Waals surface area contributed by atoms with Crippen molar-refractivity contribution in [2.75, 3.05) is 11.6 Å². The number of imidazole rings is 1. The van der Waals surface area contributed by atoms with E-state index in [1.165, 1.54) is 11.6 Å². The molecule has 0 atom stereocenters. The molecule has 0 N–H and O–H groups in total. The molecule has 8 nitrogen and oxygen atoms in total. The summed E-state index contributed by atoms with van der Waals surface area (Å²) >= 11 is 6.07. The number of halogens is 1. The third-order valence-corrected chi connectivity index (χ3v) is 5.93. The first kappa shape index (κ1) is 21.0. The number of nitrogens with zero attached hydrogens (tertiary/aromatic N) is 6. The van der Waals surface area contributed by atoms with Crippen LogP contribution in [0.25, 0.3) is 17.2 Å². The van der Waals surface area contributed by atoms with Crippen molar-refractivity contribution in [2.24, 2.45) is 19.2 Å². The van der Waals surface area contributed by atoms with E-state index < -0.39 is 5.69 Å². The average molecular weight is 461 g/mol. The SMILES string of the molecule is Cn1c(=O)c2c(nc3n2CC(c2ccc(Cl)cc2)=NN3C/C=C/c2ccccc2)n(C)c1=O. The molecule has 1 aliphatic rings. The summed E-state index contributed by atoms with van der Waals surface area (Å²) in [7, 11) is 3.09. The van der Waals surface area contributed by atoms with E-state index in [9.17, 15) is 9.59 Å². The molecule has 2 aromatic heterocycles. The Morgan fingerprint density at radius 3 is 2.45 bits per heavy atom. The van der Waals surface area contributed by atoms with Crippen LogP contribution in [0.15, 0.2) is 75.4 Å². The predicted octanol–water partition coefficient (Wildman–Crippen LogP) is 3.02. The molecule has 0 bridgehead atoms. The van der Waals surface area contributed by atoms with Crippen LogP contribution >= 0.6 is 11.6 Å². The number of hydrogen-bond acceptors (Lipinski definition) is 5. The van der Waals surface area contributed by atoms with Crippen molar-refractivity contribution >= 4 is 40.5 Å². The van der Waals surface area contributed by atoms with Crippen LogP contribution in [0, 0.1) is 0 Å². The van der Waals surface area contributed by atoms with Crippen LogP contribution in [0.5, 0.6) is 0 Å². The fourth-order valence-corrected chi connectivity index (χ4v) is 4.05. The molecule has 0 saturated heterocycles. The number of benzene rings is 2. The summed E-state index contributed by atoms with van der Waals surface area (Å²) in [6.45, 7) is 0.781. The van der Waals surface area contributed by atoms with Crippen molar-refractivity contribution in [2.45, 2.75) is 6.54 Å². The smallest absolute Gasteiger partial charge is 0.297 e. The summed E-state index contributed by atoms with van der Waals surface area (Å²) in [5.74, 6) is 0.513. The lowest BCUT2D eigenvalue weighted by atomic mass is 10.1. The van der Waals surface area contributed by atoms with Gasteiger partial charge < -0.3 is 0 Å². The molecule has 0 aliphatic carbocycles. The Balaban J connectivity index is 1.64. The van der Waals surface area contributed by atoms with Crippen LogP contribution in [0.3, 0.4) is 0 Å². The molecule has 0 unspecified atom stereocenters. The fraction of sp³-hybridized carbons (Fsp3) is 0.167. The largest absolute Gasteiger partial charge is 0.332 e. The number of hydrazone groups is 1. The molecule has 4 aromatic rings. The van der Waals surface area contributed by atoms with Gasteiger partial charge in [-0.1, -0.05) is 66.2 Å². The lowest BCUT2D eigenvalue weighted by molar-refractivity contribution is 0.702. The second-order valence-electron chi connectivity index (χ2n) is 7.82. The maximum Gasteiger partial charge on any atom is 0.332 e. The van der Waals surface area contributed by atoms with Gasteiger partial charge in [0, 0.05) is 19.1 Å². The average Bonchev–Trinajstić information content (AvgIpc) is 3.22. The second kappa shape index (κ2) is 8.22. The normalized spacial score (nSPS) is 13.5. The number of rotatable bonds is 4. The zero-order chi connectivity index (χ0) is 23.1. The maximum atomic E-state index is 13.0. The first-order valence-electron chi connectivity index (χ1n) is 10.4. The lowest BCUT2D eigenvalue weighted by Crippen LogP contribution is -2.38. The van der Waals surface area contributed by atoms with Crippen molar-refractivity contribution < 1.29 is 0 Å². The number of aromatic nitrogens is 4. The third kappa shape index (κ3) is 3.68. The van der Waals surface area contributed by atoms with Gasteiger partial charge >= 0.3 is 5.69 Å². The van der Waals surface area contributed by atoms with Crippen molar-refractivity contribution in [3.05, 3.63) is 97.7 Å². The maximum absolute atomic E-state index is 13.0. The molecular formula is C24H21ClN6O2. The highest BCUT2D eigenvalue weighted by atomic mass is 35.5. The Labute approximate surface area is 194 Å². The van der Waals surface area contributed by atoms with Crippen molar-refractivity contribution in [3.8, 4) is 0 Å². The van der Waals surface area contributed by atoms with E-state index in [0.717, 1.165) is 21.4 Å². The Bertz CT molecular complexity index is 1530. The van der Waals surface area contributed by atoms with Gasteiger partial charge in [-0.15, -0.1) is 0 Å². The summed E-state index contributed by atoms with van der Waals surface area (Å²) in [6.07, 6.45) is 4.00. The van der Waals surface area contributed by atoms with E-state index in [4.69, 9.17) is 16.7 Å². The summed E-state index contributed by atoms with van der Waals surface area (Å²) in [5.41, 5.74) is 2.63. The van der Waals surface area contributed by atoms with E-state index in [-0.39, 0.29) is 5.56 Å². The van der Waals surface area contributed by atoms with Gasteiger partial charge in [0.25, 0.3) is 5.56 Å². The molecule has 166 valence electrons. The number of aryl methyl sites for hydroxylation is 1.